The molecule has 32 heteroatoms. The summed E-state index contributed by atoms with van der Waals surface area (Å²) in [6, 6.07) is -7.25. The Bertz CT molecular complexity index is 1980. The van der Waals surface area contributed by atoms with Gasteiger partial charge in [-0.15, -0.1) is 0 Å². The number of amides is 3. The van der Waals surface area contributed by atoms with Crippen LogP contribution in [0.2, 0.25) is 0 Å². The quantitative estimate of drug-likeness (QED) is 0.0109. The van der Waals surface area contributed by atoms with Crippen LogP contribution in [0.25, 0.3) is 0 Å². The number of carbonyl (C=O) groups excluding carboxylic acids is 4. The molecule has 5 aliphatic heterocycles. The van der Waals surface area contributed by atoms with Crippen LogP contribution in [0, 0.1) is 0 Å². The zero-order valence-corrected chi connectivity index (χ0v) is 46.9. The van der Waals surface area contributed by atoms with Gasteiger partial charge in [0.25, 0.3) is 0 Å². The molecule has 0 aliphatic carbocycles. The molecule has 5 heterocycles. The smallest absolute Gasteiger partial charge is 0.245 e. The van der Waals surface area contributed by atoms with Crippen LogP contribution in [0.1, 0.15) is 40.9 Å². The maximum Gasteiger partial charge on any atom is 0.245 e. The molecule has 0 saturated carbocycles. The van der Waals surface area contributed by atoms with Crippen molar-refractivity contribution in [3.05, 3.63) is 0 Å². The van der Waals surface area contributed by atoms with Gasteiger partial charge in [0.2, 0.25) is 17.7 Å². The normalized spacial score (nSPS) is 38.7. The molecule has 0 radical (unpaired) electrons. The number of hydrogen-bond acceptors (Lipinski definition) is 29. The maximum atomic E-state index is 13.7. The molecule has 0 aromatic rings. The highest BCUT2D eigenvalue weighted by atomic mass is 33.1. The standard InChI is InChI=1S/C45H81N8O20S4/c1-20(46-3)41(64)52-23(42(65)53-11-7-8-22(53)13-54)9-6-10-48-28(59)12-49-30-35(62)39(73-44-31(50-18-74)34(61)37(66-5)24(14-55)68-44)26(16-57)69-43(30)72-40-27(17-58)70-45(32(36(40)63)51-19-77(75)76)71-38-25(15-56)67-21(2)29(47-4)33(38)60/h13,20-27,29-40,43-47,49-51,55-58,60-63,74H,6-12,14-19H2,1-5H3,(H,48,59)(H,52,64)/q-1/t20-,21-,22?,23?,24?,25?,26?,27?,29?,30?,31?,32?,33+,34+,35+,36+,37+,38+,39+,40+,43-,44-,45-/m0/s1/i13D. The summed E-state index contributed by atoms with van der Waals surface area (Å²) < 4.78 is 56.6. The highest BCUT2D eigenvalue weighted by Crippen LogP contribution is 2.35. The molecular weight excluding hydrogens is 1100 g/mol. The Labute approximate surface area is 465 Å². The summed E-state index contributed by atoms with van der Waals surface area (Å²) in [5.41, 5.74) is 0. The Balaban J connectivity index is 1.40. The van der Waals surface area contributed by atoms with E-state index in [1.165, 1.54) is 12.0 Å². The lowest BCUT2D eigenvalue weighted by atomic mass is 9.92. The van der Waals surface area contributed by atoms with Crippen molar-refractivity contribution in [2.24, 2.45) is 0 Å². The van der Waals surface area contributed by atoms with E-state index in [0.717, 1.165) is 0 Å². The molecule has 446 valence electrons. The van der Waals surface area contributed by atoms with Gasteiger partial charge in [-0.05, 0) is 53.6 Å². The van der Waals surface area contributed by atoms with Gasteiger partial charge in [0.05, 0.1) is 75.3 Å². The minimum atomic E-state index is -1.80. The summed E-state index contributed by atoms with van der Waals surface area (Å²) in [6.45, 7) is 0.0732. The van der Waals surface area contributed by atoms with Crippen LogP contribution in [0.5, 0.6) is 0 Å². The van der Waals surface area contributed by atoms with Gasteiger partial charge in [-0.2, -0.15) is 12.6 Å². The molecular formula is C45H81N8O20S4-. The molecule has 15 N–H and O–H groups in total. The second-order valence-electron chi connectivity index (χ2n) is 19.4. The van der Waals surface area contributed by atoms with E-state index in [1.54, 1.807) is 27.9 Å². The summed E-state index contributed by atoms with van der Waals surface area (Å²) in [7, 11) is 3.38. The number of hydrogen-bond donors (Lipinski definition) is 16. The summed E-state index contributed by atoms with van der Waals surface area (Å²) >= 11 is 14.7. The van der Waals surface area contributed by atoms with Crippen molar-refractivity contribution in [3.63, 3.8) is 0 Å². The fraction of sp³-hybridized carbons (Fsp3) is 0.911. The first-order chi connectivity index (χ1) is 37.2. The van der Waals surface area contributed by atoms with Crippen LogP contribution < -0.4 is 37.2 Å². The van der Waals surface area contributed by atoms with Gasteiger partial charge in [-0.1, -0.05) is 5.88 Å². The van der Waals surface area contributed by atoms with E-state index in [9.17, 15) is 60.0 Å². The van der Waals surface area contributed by atoms with E-state index in [-0.39, 0.29) is 37.7 Å². The van der Waals surface area contributed by atoms with Gasteiger partial charge in [0, 0.05) is 26.1 Å². The molecule has 77 heavy (non-hydrogen) atoms. The number of thiol groups is 1. The minimum Gasteiger partial charge on any atom is -0.394 e. The van der Waals surface area contributed by atoms with Crippen molar-refractivity contribution >= 4 is 67.0 Å². The molecule has 5 fully saturated rings. The Kier molecular flexibility index (Phi) is 27.1. The predicted octanol–water partition coefficient (Wildman–Crippen LogP) is -8.44. The zero-order valence-electron chi connectivity index (χ0n) is 44.6. The van der Waals surface area contributed by atoms with Crippen LogP contribution in [-0.2, 0) is 87.5 Å². The number of nitrogens with zero attached hydrogens (tertiary/aromatic N) is 1. The van der Waals surface area contributed by atoms with Crippen molar-refractivity contribution in [2.45, 2.75) is 180 Å². The Morgan fingerprint density at radius 1 is 0.792 bits per heavy atom. The topological polar surface area (TPSA) is 391 Å². The first-order valence-corrected chi connectivity index (χ1v) is 29.5. The van der Waals surface area contributed by atoms with E-state index in [4.69, 9.17) is 61.6 Å². The summed E-state index contributed by atoms with van der Waals surface area (Å²) in [5.74, 6) is -1.73. The number of aldehydes is 1. The van der Waals surface area contributed by atoms with Gasteiger partial charge >= 0.3 is 0 Å². The number of aliphatic hydroxyl groups is 8. The highest BCUT2D eigenvalue weighted by Gasteiger charge is 2.55. The van der Waals surface area contributed by atoms with Crippen LogP contribution >= 0.6 is 12.6 Å². The molecule has 0 aromatic carbocycles. The van der Waals surface area contributed by atoms with Crippen LogP contribution in [-0.4, -0.2) is 289 Å². The van der Waals surface area contributed by atoms with Crippen molar-refractivity contribution in [2.75, 3.05) is 79.0 Å². The summed E-state index contributed by atoms with van der Waals surface area (Å²) in [6.07, 6.45) is -21.8. The van der Waals surface area contributed by atoms with E-state index in [1.807, 2.05) is 0 Å². The average molecular weight is 1180 g/mol. The third kappa shape index (κ3) is 16.8. The summed E-state index contributed by atoms with van der Waals surface area (Å²) in [5, 5.41) is 109. The molecule has 5 rings (SSSR count). The molecule has 10 unspecified atom stereocenters. The molecule has 0 bridgehead atoms. The predicted molar refractivity (Wildman–Crippen MR) is 281 cm³/mol. The van der Waals surface area contributed by atoms with Gasteiger partial charge in [0.1, 0.15) is 86.9 Å². The molecule has 5 saturated heterocycles. The number of ether oxygens (including phenoxy) is 8. The van der Waals surface area contributed by atoms with Crippen molar-refractivity contribution in [1.29, 1.82) is 0 Å². The minimum absolute atomic E-state index is 0.00711. The van der Waals surface area contributed by atoms with E-state index >= 15 is 0 Å². The second kappa shape index (κ2) is 32.3. The van der Waals surface area contributed by atoms with Crippen molar-refractivity contribution in [3.8, 4) is 0 Å². The lowest BCUT2D eigenvalue weighted by molar-refractivity contribution is -0.360. The molecule has 5 aliphatic rings. The second-order valence-corrected chi connectivity index (χ2v) is 23.6. The fourth-order valence-corrected chi connectivity index (χ4v) is 11.2. The number of methoxy groups -OCH3 is 1. The SMILES string of the molecule is [2H]C(=O)C1CCCN1C(=O)C(CCCNC(=O)CNC1[C@H](O[C@@H]2C(CO)O[C@@H](O[C@@H]3C(CO)O[C@@H](C)C(NC)[C@H]3O)C(NC[S-](=S)=S)[C@H]2O)OC(CO)[C@@H](O[C@@H]2OC(CO)[C@@H](OC)[C@H](O)C2NCS)[C@@H]1O)NC(=O)[C@H](C)NC. The number of likely N-dealkylation sites (N-methyl/N-ethyl adjacent to an activating group) is 2. The van der Waals surface area contributed by atoms with Crippen LogP contribution in [0.15, 0.2) is 0 Å². The highest BCUT2D eigenvalue weighted by molar-refractivity contribution is 8.46. The lowest BCUT2D eigenvalue weighted by Gasteiger charge is -2.51. The van der Waals surface area contributed by atoms with Crippen LogP contribution in [0.4, 0.5) is 0 Å². The fourth-order valence-electron chi connectivity index (χ4n) is 10.3. The lowest BCUT2D eigenvalue weighted by Crippen LogP contribution is -2.71. The van der Waals surface area contributed by atoms with E-state index in [0.29, 0.717) is 12.8 Å². The van der Waals surface area contributed by atoms with E-state index in [2.05, 4.69) is 49.8 Å². The van der Waals surface area contributed by atoms with Crippen LogP contribution in [0.3, 0.4) is 0 Å². The molecule has 23 atom stereocenters. The van der Waals surface area contributed by atoms with E-state index < -0.39 is 205 Å². The van der Waals surface area contributed by atoms with Crippen molar-refractivity contribution < 1.29 is 99.3 Å². The Hall–Kier alpha value is -1.62. The monoisotopic (exact) mass is 1180 g/mol. The average Bonchev–Trinajstić information content (AvgIpc) is 3.97. The zero-order chi connectivity index (χ0) is 57.5. The Morgan fingerprint density at radius 3 is 1.77 bits per heavy atom. The molecule has 0 aromatic heterocycles. The summed E-state index contributed by atoms with van der Waals surface area (Å²) in [4.78, 5) is 53.6. The molecule has 0 spiro atoms. The van der Waals surface area contributed by atoms with Gasteiger partial charge in [-0.25, -0.2) is 0 Å². The first kappa shape index (κ1) is 64.5. The third-order valence-electron chi connectivity index (χ3n) is 14.6. The largest absolute Gasteiger partial charge is 0.394 e. The number of aliphatic hydroxyl groups excluding tert-OH is 8. The number of likely N-dealkylation sites (tertiary alicyclic amines) is 1. The number of carbonyl (C=O) groups is 4. The maximum absolute atomic E-state index is 13.7. The van der Waals surface area contributed by atoms with Crippen molar-refractivity contribution in [1.82, 2.24) is 42.1 Å². The molecule has 28 nitrogen and oxygen atoms in total. The van der Waals surface area contributed by atoms with Gasteiger partial charge < -0.3 is 123 Å². The van der Waals surface area contributed by atoms with Gasteiger partial charge in [-0.3, -0.25) is 47.4 Å². The Morgan fingerprint density at radius 2 is 1.29 bits per heavy atom. The molecule has 3 amide bonds. The number of nitrogens with one attached hydrogen (secondary N) is 7. The number of rotatable bonds is 29. The first-order valence-electron chi connectivity index (χ1n) is 26.1. The third-order valence-corrected chi connectivity index (χ3v) is 15.8. The van der Waals surface area contributed by atoms with Gasteiger partial charge in [0.15, 0.2) is 18.9 Å².